The number of rotatable bonds is 4. The molecule has 0 radical (unpaired) electrons. The van der Waals surface area contributed by atoms with E-state index < -0.39 is 0 Å². The topological polar surface area (TPSA) is 35.9 Å². The molecule has 1 unspecified atom stereocenters. The first kappa shape index (κ1) is 14.3. The van der Waals surface area contributed by atoms with Crippen molar-refractivity contribution >= 4 is 0 Å². The lowest BCUT2D eigenvalue weighted by molar-refractivity contribution is 0.000703. The van der Waals surface area contributed by atoms with Crippen LogP contribution in [0, 0.1) is 5.92 Å². The van der Waals surface area contributed by atoms with Crippen molar-refractivity contribution in [3.05, 3.63) is 0 Å². The quantitative estimate of drug-likeness (QED) is 0.807. The zero-order valence-corrected chi connectivity index (χ0v) is 11.9. The van der Waals surface area contributed by atoms with Gasteiger partial charge in [0.05, 0.1) is 13.2 Å². The third-order valence-electron chi connectivity index (χ3n) is 4.55. The Labute approximate surface area is 111 Å². The highest BCUT2D eigenvalue weighted by atomic mass is 16.5. The van der Waals surface area contributed by atoms with Crippen molar-refractivity contribution in [2.45, 2.75) is 32.2 Å². The van der Waals surface area contributed by atoms with E-state index in [1.807, 2.05) is 0 Å². The standard InChI is InChI=1S/C14H28N2O2/c1-14(2)4-3-13(12-17)11-16(14)6-5-15-7-9-18-10-8-15/h13,17H,3-12H2,1-2H3. The SMILES string of the molecule is CC1(C)CCC(CO)CN1CCN1CCOCC1. The molecular weight excluding hydrogens is 228 g/mol. The molecule has 1 atom stereocenters. The van der Waals surface area contributed by atoms with E-state index >= 15 is 0 Å². The van der Waals surface area contributed by atoms with Crippen LogP contribution in [0.25, 0.3) is 0 Å². The van der Waals surface area contributed by atoms with Gasteiger partial charge in [0, 0.05) is 44.9 Å². The van der Waals surface area contributed by atoms with Gasteiger partial charge in [-0.05, 0) is 32.6 Å². The molecule has 0 bridgehead atoms. The van der Waals surface area contributed by atoms with Gasteiger partial charge in [-0.25, -0.2) is 0 Å². The third kappa shape index (κ3) is 3.67. The number of aliphatic hydroxyl groups is 1. The maximum absolute atomic E-state index is 9.34. The molecule has 106 valence electrons. The molecule has 0 aromatic rings. The molecule has 2 saturated heterocycles. The summed E-state index contributed by atoms with van der Waals surface area (Å²) in [5.41, 5.74) is 0.290. The first-order valence-corrected chi connectivity index (χ1v) is 7.28. The minimum atomic E-state index is 0.290. The molecule has 1 N–H and O–H groups in total. The first-order chi connectivity index (χ1) is 8.62. The van der Waals surface area contributed by atoms with E-state index in [-0.39, 0.29) is 5.54 Å². The molecule has 2 rings (SSSR count). The van der Waals surface area contributed by atoms with Crippen molar-refractivity contribution < 1.29 is 9.84 Å². The van der Waals surface area contributed by atoms with Gasteiger partial charge in [-0.3, -0.25) is 9.80 Å². The predicted molar refractivity (Wildman–Crippen MR) is 72.7 cm³/mol. The summed E-state index contributed by atoms with van der Waals surface area (Å²) < 4.78 is 5.38. The summed E-state index contributed by atoms with van der Waals surface area (Å²) in [6.45, 7) is 12.2. The van der Waals surface area contributed by atoms with Crippen LogP contribution >= 0.6 is 0 Å². The van der Waals surface area contributed by atoms with E-state index in [1.54, 1.807) is 0 Å². The fraction of sp³-hybridized carbons (Fsp3) is 1.00. The van der Waals surface area contributed by atoms with Gasteiger partial charge >= 0.3 is 0 Å². The lowest BCUT2D eigenvalue weighted by atomic mass is 9.85. The van der Waals surface area contributed by atoms with Crippen molar-refractivity contribution in [2.24, 2.45) is 5.92 Å². The van der Waals surface area contributed by atoms with E-state index in [0.29, 0.717) is 12.5 Å². The summed E-state index contributed by atoms with van der Waals surface area (Å²) in [6, 6.07) is 0. The van der Waals surface area contributed by atoms with Gasteiger partial charge < -0.3 is 9.84 Å². The van der Waals surface area contributed by atoms with E-state index in [1.165, 1.54) is 6.42 Å². The molecule has 4 nitrogen and oxygen atoms in total. The molecule has 0 aromatic carbocycles. The zero-order valence-electron chi connectivity index (χ0n) is 11.9. The maximum atomic E-state index is 9.34. The van der Waals surface area contributed by atoms with Gasteiger partial charge in [-0.1, -0.05) is 0 Å². The molecule has 0 aliphatic carbocycles. The van der Waals surface area contributed by atoms with Crippen molar-refractivity contribution in [1.29, 1.82) is 0 Å². The van der Waals surface area contributed by atoms with Gasteiger partial charge in [-0.15, -0.1) is 0 Å². The van der Waals surface area contributed by atoms with Crippen molar-refractivity contribution in [3.63, 3.8) is 0 Å². The van der Waals surface area contributed by atoms with E-state index in [4.69, 9.17) is 4.74 Å². The second-order valence-electron chi connectivity index (χ2n) is 6.30. The Morgan fingerprint density at radius 2 is 1.94 bits per heavy atom. The Morgan fingerprint density at radius 3 is 2.61 bits per heavy atom. The summed E-state index contributed by atoms with van der Waals surface area (Å²) in [5.74, 6) is 0.475. The lowest BCUT2D eigenvalue weighted by Gasteiger charge is -2.46. The summed E-state index contributed by atoms with van der Waals surface area (Å²) in [6.07, 6.45) is 2.36. The van der Waals surface area contributed by atoms with Crippen LogP contribution in [-0.4, -0.2) is 73.0 Å². The van der Waals surface area contributed by atoms with Crippen LogP contribution < -0.4 is 0 Å². The smallest absolute Gasteiger partial charge is 0.0594 e. The Bertz CT molecular complexity index is 252. The molecule has 0 saturated carbocycles. The minimum absolute atomic E-state index is 0.290. The molecule has 2 aliphatic heterocycles. The third-order valence-corrected chi connectivity index (χ3v) is 4.55. The van der Waals surface area contributed by atoms with Crippen LogP contribution in [0.15, 0.2) is 0 Å². The van der Waals surface area contributed by atoms with Crippen molar-refractivity contribution in [2.75, 3.05) is 52.5 Å². The van der Waals surface area contributed by atoms with E-state index in [9.17, 15) is 5.11 Å². The Kier molecular flexibility index (Phi) is 5.01. The Balaban J connectivity index is 1.81. The number of nitrogens with zero attached hydrogens (tertiary/aromatic N) is 2. The van der Waals surface area contributed by atoms with Crippen LogP contribution in [0.4, 0.5) is 0 Å². The fourth-order valence-corrected chi connectivity index (χ4v) is 3.00. The number of hydrogen-bond donors (Lipinski definition) is 1. The van der Waals surface area contributed by atoms with Crippen molar-refractivity contribution in [3.8, 4) is 0 Å². The van der Waals surface area contributed by atoms with Crippen LogP contribution in [0.2, 0.25) is 0 Å². The van der Waals surface area contributed by atoms with E-state index in [2.05, 4.69) is 23.6 Å². The van der Waals surface area contributed by atoms with Crippen LogP contribution in [0.5, 0.6) is 0 Å². The summed E-state index contributed by atoms with van der Waals surface area (Å²) in [7, 11) is 0. The second kappa shape index (κ2) is 6.33. The number of morpholine rings is 1. The second-order valence-corrected chi connectivity index (χ2v) is 6.30. The molecule has 0 spiro atoms. The molecule has 0 amide bonds. The predicted octanol–water partition coefficient (Wildman–Crippen LogP) is 0.802. The maximum Gasteiger partial charge on any atom is 0.0594 e. The van der Waals surface area contributed by atoms with Gasteiger partial charge in [0.25, 0.3) is 0 Å². The normalized spacial score (nSPS) is 30.5. The summed E-state index contributed by atoms with van der Waals surface area (Å²) >= 11 is 0. The highest BCUT2D eigenvalue weighted by molar-refractivity contribution is 4.89. The molecule has 2 fully saturated rings. The largest absolute Gasteiger partial charge is 0.396 e. The van der Waals surface area contributed by atoms with Crippen LogP contribution in [-0.2, 0) is 4.74 Å². The number of ether oxygens (including phenoxy) is 1. The summed E-state index contributed by atoms with van der Waals surface area (Å²) in [5, 5.41) is 9.34. The van der Waals surface area contributed by atoms with Gasteiger partial charge in [0.2, 0.25) is 0 Å². The molecular formula is C14H28N2O2. The number of piperidine rings is 1. The number of aliphatic hydroxyl groups excluding tert-OH is 1. The molecule has 2 aliphatic rings. The van der Waals surface area contributed by atoms with Crippen LogP contribution in [0.3, 0.4) is 0 Å². The summed E-state index contributed by atoms with van der Waals surface area (Å²) in [4.78, 5) is 5.05. The van der Waals surface area contributed by atoms with Crippen LogP contribution in [0.1, 0.15) is 26.7 Å². The van der Waals surface area contributed by atoms with Gasteiger partial charge in [0.15, 0.2) is 0 Å². The Hall–Kier alpha value is -0.160. The highest BCUT2D eigenvalue weighted by Crippen LogP contribution is 2.29. The van der Waals surface area contributed by atoms with E-state index in [0.717, 1.165) is 52.4 Å². The van der Waals surface area contributed by atoms with Gasteiger partial charge in [0.1, 0.15) is 0 Å². The fourth-order valence-electron chi connectivity index (χ4n) is 3.00. The minimum Gasteiger partial charge on any atom is -0.396 e. The first-order valence-electron chi connectivity index (χ1n) is 7.28. The van der Waals surface area contributed by atoms with Crippen molar-refractivity contribution in [1.82, 2.24) is 9.80 Å². The molecule has 4 heteroatoms. The Morgan fingerprint density at radius 1 is 1.22 bits per heavy atom. The zero-order chi connectivity index (χ0) is 13.0. The highest BCUT2D eigenvalue weighted by Gasteiger charge is 2.33. The average molecular weight is 256 g/mol. The monoisotopic (exact) mass is 256 g/mol. The number of hydrogen-bond acceptors (Lipinski definition) is 4. The lowest BCUT2D eigenvalue weighted by Crippen LogP contribution is -2.53. The molecule has 2 heterocycles. The van der Waals surface area contributed by atoms with Gasteiger partial charge in [-0.2, -0.15) is 0 Å². The molecule has 0 aromatic heterocycles. The number of likely N-dealkylation sites (tertiary alicyclic amines) is 1. The average Bonchev–Trinajstić information content (AvgIpc) is 2.38. The molecule has 18 heavy (non-hydrogen) atoms.